The molecule has 2 nitrogen and oxygen atoms in total. The first-order valence-corrected chi connectivity index (χ1v) is 4.79. The standard InChI is InChI=1S/C11H9BrO2/c1-8-7-10(12)5-3-9(8)4-6-11(13)14-2/h3,5,7H,1-2H3. The van der Waals surface area contributed by atoms with Gasteiger partial charge >= 0.3 is 5.97 Å². The van der Waals surface area contributed by atoms with Gasteiger partial charge in [0.15, 0.2) is 0 Å². The van der Waals surface area contributed by atoms with Crippen LogP contribution in [0.1, 0.15) is 11.1 Å². The first-order valence-electron chi connectivity index (χ1n) is 3.99. The Hall–Kier alpha value is -1.27. The molecule has 0 saturated carbocycles. The minimum Gasteiger partial charge on any atom is -0.459 e. The Morgan fingerprint density at radius 2 is 2.21 bits per heavy atom. The average molecular weight is 253 g/mol. The van der Waals surface area contributed by atoms with Gasteiger partial charge in [-0.05, 0) is 30.7 Å². The van der Waals surface area contributed by atoms with Gasteiger partial charge in [0.25, 0.3) is 0 Å². The average Bonchev–Trinajstić information content (AvgIpc) is 2.16. The molecule has 0 amide bonds. The van der Waals surface area contributed by atoms with E-state index in [0.29, 0.717) is 0 Å². The third-order valence-corrected chi connectivity index (χ3v) is 2.17. The molecule has 0 atom stereocenters. The van der Waals surface area contributed by atoms with Crippen LogP contribution in [0.2, 0.25) is 0 Å². The van der Waals surface area contributed by atoms with Crippen molar-refractivity contribution in [3.63, 3.8) is 0 Å². The van der Waals surface area contributed by atoms with Gasteiger partial charge in [-0.15, -0.1) is 0 Å². The lowest BCUT2D eigenvalue weighted by Gasteiger charge is -1.97. The van der Waals surface area contributed by atoms with Crippen molar-refractivity contribution in [3.8, 4) is 11.8 Å². The molecule has 1 aromatic rings. The molecular formula is C11H9BrO2. The molecule has 0 spiro atoms. The third kappa shape index (κ3) is 2.90. The van der Waals surface area contributed by atoms with E-state index in [4.69, 9.17) is 0 Å². The fourth-order valence-corrected chi connectivity index (χ4v) is 1.41. The molecule has 0 radical (unpaired) electrons. The van der Waals surface area contributed by atoms with E-state index in [1.165, 1.54) is 7.11 Å². The number of halogens is 1. The molecule has 1 rings (SSSR count). The van der Waals surface area contributed by atoms with Crippen LogP contribution in [-0.4, -0.2) is 13.1 Å². The fourth-order valence-electron chi connectivity index (χ4n) is 0.937. The Morgan fingerprint density at radius 1 is 1.50 bits per heavy atom. The summed E-state index contributed by atoms with van der Waals surface area (Å²) in [4.78, 5) is 10.8. The van der Waals surface area contributed by atoms with E-state index < -0.39 is 5.97 Å². The third-order valence-electron chi connectivity index (χ3n) is 1.67. The minimum atomic E-state index is -0.521. The van der Waals surface area contributed by atoms with Gasteiger partial charge in [0.1, 0.15) is 0 Å². The summed E-state index contributed by atoms with van der Waals surface area (Å²) in [7, 11) is 1.31. The molecule has 1 aromatic carbocycles. The van der Waals surface area contributed by atoms with Crippen molar-refractivity contribution in [2.24, 2.45) is 0 Å². The minimum absolute atomic E-state index is 0.521. The molecule has 72 valence electrons. The monoisotopic (exact) mass is 252 g/mol. The lowest BCUT2D eigenvalue weighted by atomic mass is 10.1. The topological polar surface area (TPSA) is 26.3 Å². The van der Waals surface area contributed by atoms with Crippen LogP contribution >= 0.6 is 15.9 Å². The first-order chi connectivity index (χ1) is 6.63. The van der Waals surface area contributed by atoms with E-state index in [2.05, 4.69) is 32.5 Å². The molecule has 0 heterocycles. The molecule has 0 aliphatic carbocycles. The second kappa shape index (κ2) is 4.83. The largest absolute Gasteiger partial charge is 0.459 e. The van der Waals surface area contributed by atoms with Crippen molar-refractivity contribution >= 4 is 21.9 Å². The molecule has 0 aliphatic heterocycles. The Balaban J connectivity index is 2.96. The number of hydrogen-bond donors (Lipinski definition) is 0. The predicted molar refractivity (Wildman–Crippen MR) is 57.8 cm³/mol. The van der Waals surface area contributed by atoms with E-state index in [0.717, 1.165) is 15.6 Å². The quantitative estimate of drug-likeness (QED) is 0.523. The number of hydrogen-bond acceptors (Lipinski definition) is 2. The molecule has 0 bridgehead atoms. The summed E-state index contributed by atoms with van der Waals surface area (Å²) < 4.78 is 5.41. The number of carbonyl (C=O) groups excluding carboxylic acids is 1. The van der Waals surface area contributed by atoms with Crippen LogP contribution < -0.4 is 0 Å². The Morgan fingerprint density at radius 3 is 2.79 bits per heavy atom. The van der Waals surface area contributed by atoms with Gasteiger partial charge in [-0.3, -0.25) is 0 Å². The van der Waals surface area contributed by atoms with Gasteiger partial charge in [-0.2, -0.15) is 0 Å². The summed E-state index contributed by atoms with van der Waals surface area (Å²) in [5, 5.41) is 0. The van der Waals surface area contributed by atoms with Crippen molar-refractivity contribution in [1.82, 2.24) is 0 Å². The summed E-state index contributed by atoms with van der Waals surface area (Å²) in [5.41, 5.74) is 1.86. The van der Waals surface area contributed by atoms with Crippen LogP contribution in [0.5, 0.6) is 0 Å². The van der Waals surface area contributed by atoms with Gasteiger partial charge in [0, 0.05) is 16.0 Å². The lowest BCUT2D eigenvalue weighted by molar-refractivity contribution is -0.133. The summed E-state index contributed by atoms with van der Waals surface area (Å²) in [6, 6.07) is 5.69. The highest BCUT2D eigenvalue weighted by atomic mass is 79.9. The van der Waals surface area contributed by atoms with Gasteiger partial charge in [-0.1, -0.05) is 21.9 Å². The van der Waals surface area contributed by atoms with Gasteiger partial charge in [-0.25, -0.2) is 4.79 Å². The SMILES string of the molecule is COC(=O)C#Cc1ccc(Br)cc1C. The van der Waals surface area contributed by atoms with Crippen molar-refractivity contribution in [3.05, 3.63) is 33.8 Å². The maximum absolute atomic E-state index is 10.8. The highest BCUT2D eigenvalue weighted by molar-refractivity contribution is 9.10. The van der Waals surface area contributed by atoms with Gasteiger partial charge in [0.05, 0.1) is 7.11 Å². The summed E-state index contributed by atoms with van der Waals surface area (Å²) in [6.07, 6.45) is 0. The molecule has 0 saturated heterocycles. The number of benzene rings is 1. The van der Waals surface area contributed by atoms with Gasteiger partial charge in [0.2, 0.25) is 0 Å². The Labute approximate surface area is 91.4 Å². The van der Waals surface area contributed by atoms with Crippen LogP contribution in [0.15, 0.2) is 22.7 Å². The number of carbonyl (C=O) groups is 1. The summed E-state index contributed by atoms with van der Waals surface area (Å²) in [6.45, 7) is 1.94. The highest BCUT2D eigenvalue weighted by Gasteiger charge is 1.96. The van der Waals surface area contributed by atoms with Crippen molar-refractivity contribution in [2.45, 2.75) is 6.92 Å². The molecule has 0 aromatic heterocycles. The molecule has 3 heteroatoms. The number of rotatable bonds is 0. The molecule has 0 fully saturated rings. The molecular weight excluding hydrogens is 244 g/mol. The Kier molecular flexibility index (Phi) is 3.73. The number of aryl methyl sites for hydroxylation is 1. The number of esters is 1. The van der Waals surface area contributed by atoms with E-state index in [1.807, 2.05) is 25.1 Å². The number of ether oxygens (including phenoxy) is 1. The highest BCUT2D eigenvalue weighted by Crippen LogP contribution is 2.14. The normalized spacial score (nSPS) is 8.79. The van der Waals surface area contributed by atoms with Crippen molar-refractivity contribution in [2.75, 3.05) is 7.11 Å². The van der Waals surface area contributed by atoms with Crippen molar-refractivity contribution < 1.29 is 9.53 Å². The second-order valence-electron chi connectivity index (χ2n) is 2.70. The first kappa shape index (κ1) is 10.8. The molecule has 0 unspecified atom stereocenters. The van der Waals surface area contributed by atoms with Crippen LogP contribution in [0.3, 0.4) is 0 Å². The molecule has 0 aliphatic rings. The maximum Gasteiger partial charge on any atom is 0.384 e. The smallest absolute Gasteiger partial charge is 0.384 e. The number of methoxy groups -OCH3 is 1. The van der Waals surface area contributed by atoms with Crippen molar-refractivity contribution in [1.29, 1.82) is 0 Å². The van der Waals surface area contributed by atoms with E-state index in [9.17, 15) is 4.79 Å². The van der Waals surface area contributed by atoms with Crippen LogP contribution in [0, 0.1) is 18.8 Å². The zero-order valence-corrected chi connectivity index (χ0v) is 9.51. The van der Waals surface area contributed by atoms with Crippen LogP contribution in [0.25, 0.3) is 0 Å². The zero-order valence-electron chi connectivity index (χ0n) is 7.93. The molecule has 0 N–H and O–H groups in total. The summed E-state index contributed by atoms with van der Waals surface area (Å²) in [5.74, 6) is 4.61. The lowest BCUT2D eigenvalue weighted by Crippen LogP contribution is -1.94. The fraction of sp³-hybridized carbons (Fsp3) is 0.182. The van der Waals surface area contributed by atoms with Gasteiger partial charge < -0.3 is 4.74 Å². The van der Waals surface area contributed by atoms with E-state index >= 15 is 0 Å². The van der Waals surface area contributed by atoms with E-state index in [-0.39, 0.29) is 0 Å². The van der Waals surface area contributed by atoms with Crippen LogP contribution in [-0.2, 0) is 9.53 Å². The zero-order chi connectivity index (χ0) is 10.6. The Bertz CT molecular complexity index is 413. The molecule has 14 heavy (non-hydrogen) atoms. The maximum atomic E-state index is 10.8. The van der Waals surface area contributed by atoms with Crippen LogP contribution in [0.4, 0.5) is 0 Å². The predicted octanol–water partition coefficient (Wildman–Crippen LogP) is 2.28. The van der Waals surface area contributed by atoms with E-state index in [1.54, 1.807) is 0 Å². The summed E-state index contributed by atoms with van der Waals surface area (Å²) >= 11 is 3.35. The second-order valence-corrected chi connectivity index (χ2v) is 3.62.